The Bertz CT molecular complexity index is 1520. The van der Waals surface area contributed by atoms with E-state index in [1.807, 2.05) is 23.6 Å². The third-order valence-electron chi connectivity index (χ3n) is 8.89. The number of hydrogen-bond donors (Lipinski definition) is 2. The van der Waals surface area contributed by atoms with Gasteiger partial charge >= 0.3 is 0 Å². The molecular formula is C31H35ClF2N6O2. The van der Waals surface area contributed by atoms with Crippen molar-refractivity contribution in [3.8, 4) is 16.9 Å². The predicted molar refractivity (Wildman–Crippen MR) is 161 cm³/mol. The van der Waals surface area contributed by atoms with Crippen LogP contribution in [-0.4, -0.2) is 76.7 Å². The van der Waals surface area contributed by atoms with E-state index in [0.717, 1.165) is 18.5 Å². The number of aromatic hydroxyl groups is 1. The fourth-order valence-corrected chi connectivity index (χ4v) is 6.45. The Morgan fingerprint density at radius 2 is 1.90 bits per heavy atom. The zero-order chi connectivity index (χ0) is 29.7. The number of carbonyl (C=O) groups is 1. The van der Waals surface area contributed by atoms with Gasteiger partial charge in [-0.3, -0.25) is 4.79 Å². The smallest absolute Gasteiger partial charge is 0.246 e. The Labute approximate surface area is 249 Å². The normalized spacial score (nSPS) is 21.4. The number of aromatic nitrogens is 2. The highest BCUT2D eigenvalue weighted by atomic mass is 35.5. The van der Waals surface area contributed by atoms with E-state index in [-0.39, 0.29) is 39.7 Å². The number of nitrogens with one attached hydrogen (secondary N) is 1. The summed E-state index contributed by atoms with van der Waals surface area (Å²) in [6.45, 7) is 10.8. The van der Waals surface area contributed by atoms with Crippen molar-refractivity contribution in [1.29, 1.82) is 0 Å². The molecule has 222 valence electrons. The van der Waals surface area contributed by atoms with Crippen molar-refractivity contribution in [1.82, 2.24) is 20.2 Å². The molecule has 3 aromatic rings. The molecule has 2 N–H and O–H groups in total. The minimum absolute atomic E-state index is 0.00705. The largest absolute Gasteiger partial charge is 0.507 e. The summed E-state index contributed by atoms with van der Waals surface area (Å²) >= 11 is 6.61. The molecule has 1 saturated carbocycles. The number of piperazine rings is 1. The van der Waals surface area contributed by atoms with Gasteiger partial charge in [-0.15, -0.1) is 0 Å². The fraction of sp³-hybridized carbons (Fsp3) is 0.452. The van der Waals surface area contributed by atoms with Gasteiger partial charge in [-0.25, -0.2) is 13.8 Å². The number of benzene rings is 2. The molecule has 3 fully saturated rings. The lowest BCUT2D eigenvalue weighted by atomic mass is 9.85. The summed E-state index contributed by atoms with van der Waals surface area (Å²) in [6.07, 6.45) is 5.15. The van der Waals surface area contributed by atoms with Crippen LogP contribution < -0.4 is 15.1 Å². The number of rotatable bonds is 7. The van der Waals surface area contributed by atoms with Gasteiger partial charge in [-0.1, -0.05) is 30.7 Å². The van der Waals surface area contributed by atoms with Crippen LogP contribution in [0, 0.1) is 17.6 Å². The van der Waals surface area contributed by atoms with Gasteiger partial charge < -0.3 is 25.1 Å². The van der Waals surface area contributed by atoms with Gasteiger partial charge in [0.05, 0.1) is 10.6 Å². The van der Waals surface area contributed by atoms with E-state index in [9.17, 15) is 14.3 Å². The molecule has 2 atom stereocenters. The van der Waals surface area contributed by atoms with E-state index in [1.165, 1.54) is 43.5 Å². The lowest BCUT2D eigenvalue weighted by molar-refractivity contribution is -0.128. The van der Waals surface area contributed by atoms with E-state index in [2.05, 4.69) is 16.9 Å². The molecular weight excluding hydrogens is 562 g/mol. The van der Waals surface area contributed by atoms with Crippen molar-refractivity contribution in [3.05, 3.63) is 53.6 Å². The molecule has 11 heteroatoms. The third kappa shape index (κ3) is 5.04. The summed E-state index contributed by atoms with van der Waals surface area (Å²) in [5.74, 6) is -0.582. The van der Waals surface area contributed by atoms with Crippen molar-refractivity contribution in [2.75, 3.05) is 42.5 Å². The highest BCUT2D eigenvalue weighted by Crippen LogP contribution is 2.43. The number of anilines is 2. The second-order valence-corrected chi connectivity index (χ2v) is 12.2. The molecule has 6 rings (SSSR count). The fourth-order valence-electron chi connectivity index (χ4n) is 6.17. The number of nitrogens with zero attached hydrogens (tertiary/aromatic N) is 5. The number of amides is 1. The maximum absolute atomic E-state index is 16.4. The number of phenolic OH excluding ortho intramolecular Hbond substituents is 1. The first-order chi connectivity index (χ1) is 20.2. The van der Waals surface area contributed by atoms with Crippen LogP contribution in [0.15, 0.2) is 36.9 Å². The maximum atomic E-state index is 16.4. The number of phenols is 1. The van der Waals surface area contributed by atoms with Crippen LogP contribution in [0.3, 0.4) is 0 Å². The monoisotopic (exact) mass is 596 g/mol. The van der Waals surface area contributed by atoms with Crippen LogP contribution >= 0.6 is 11.6 Å². The van der Waals surface area contributed by atoms with Gasteiger partial charge in [0, 0.05) is 55.3 Å². The molecule has 2 aromatic carbocycles. The summed E-state index contributed by atoms with van der Waals surface area (Å²) in [6, 6.07) is 5.31. The highest BCUT2D eigenvalue weighted by Gasteiger charge is 2.36. The van der Waals surface area contributed by atoms with Crippen LogP contribution in [0.1, 0.15) is 33.1 Å². The Kier molecular flexibility index (Phi) is 7.70. The zero-order valence-electron chi connectivity index (χ0n) is 23.8. The first kappa shape index (κ1) is 28.6. The van der Waals surface area contributed by atoms with Crippen LogP contribution in [0.5, 0.6) is 5.75 Å². The summed E-state index contributed by atoms with van der Waals surface area (Å²) < 4.78 is 31.3. The van der Waals surface area contributed by atoms with Gasteiger partial charge in [0.25, 0.3) is 0 Å². The molecule has 42 heavy (non-hydrogen) atoms. The summed E-state index contributed by atoms with van der Waals surface area (Å²) in [7, 11) is 0. The average Bonchev–Trinajstić information content (AvgIpc) is 2.91. The maximum Gasteiger partial charge on any atom is 0.246 e. The van der Waals surface area contributed by atoms with Crippen molar-refractivity contribution in [2.45, 2.75) is 51.2 Å². The standard InChI is InChI=1S/C31H35ClF2N6O2/c1-4-25(42)39-13-18(3)40(14-17(39)2)30-21-11-22(32)26(27-23(33)9-6-10-24(27)41)28(34)29(21)36-31(37-30)38-15-20(16-38)35-12-19-7-5-8-19/h4,6,9-11,17-20,35,41H,1,5,7-8,12-16H2,2-3H3/t17-,18+/m1/s1. The van der Waals surface area contributed by atoms with E-state index >= 15 is 4.39 Å². The van der Waals surface area contributed by atoms with Crippen LogP contribution in [0.4, 0.5) is 20.5 Å². The minimum Gasteiger partial charge on any atom is -0.507 e. The second-order valence-electron chi connectivity index (χ2n) is 11.8. The molecule has 0 spiro atoms. The molecule has 3 aliphatic rings. The average molecular weight is 597 g/mol. The lowest BCUT2D eigenvalue weighted by Gasteiger charge is -2.45. The van der Waals surface area contributed by atoms with Gasteiger partial charge in [0.15, 0.2) is 5.82 Å². The highest BCUT2D eigenvalue weighted by molar-refractivity contribution is 6.34. The number of carbonyl (C=O) groups excluding carboxylic acids is 1. The molecule has 1 aromatic heterocycles. The van der Waals surface area contributed by atoms with E-state index in [1.54, 1.807) is 4.90 Å². The lowest BCUT2D eigenvalue weighted by Crippen LogP contribution is -2.60. The van der Waals surface area contributed by atoms with Crippen LogP contribution in [-0.2, 0) is 4.79 Å². The van der Waals surface area contributed by atoms with E-state index < -0.39 is 17.4 Å². The number of fused-ring (bicyclic) bond motifs is 1. The molecule has 0 radical (unpaired) electrons. The molecule has 0 bridgehead atoms. The van der Waals surface area contributed by atoms with Gasteiger partial charge in [-0.2, -0.15) is 4.98 Å². The van der Waals surface area contributed by atoms with Crippen molar-refractivity contribution in [2.24, 2.45) is 5.92 Å². The molecule has 3 heterocycles. The summed E-state index contributed by atoms with van der Waals surface area (Å²) in [4.78, 5) is 27.9. The molecule has 8 nitrogen and oxygen atoms in total. The van der Waals surface area contributed by atoms with Gasteiger partial charge in [0.2, 0.25) is 11.9 Å². The van der Waals surface area contributed by atoms with E-state index in [0.29, 0.717) is 49.4 Å². The Morgan fingerprint density at radius 3 is 2.57 bits per heavy atom. The third-order valence-corrected chi connectivity index (χ3v) is 9.19. The van der Waals surface area contributed by atoms with Crippen molar-refractivity contribution in [3.63, 3.8) is 0 Å². The molecule has 2 aliphatic heterocycles. The Balaban J connectivity index is 1.42. The number of hydrogen-bond acceptors (Lipinski definition) is 7. The van der Waals surface area contributed by atoms with Gasteiger partial charge in [0.1, 0.15) is 22.9 Å². The summed E-state index contributed by atoms with van der Waals surface area (Å²) in [5.41, 5.74) is -0.569. The molecule has 2 saturated heterocycles. The zero-order valence-corrected chi connectivity index (χ0v) is 24.5. The molecule has 1 amide bonds. The molecule has 1 aliphatic carbocycles. The van der Waals surface area contributed by atoms with Crippen LogP contribution in [0.2, 0.25) is 5.02 Å². The summed E-state index contributed by atoms with van der Waals surface area (Å²) in [5, 5.41) is 14.4. The van der Waals surface area contributed by atoms with Gasteiger partial charge in [-0.05, 0) is 63.4 Å². The number of halogens is 3. The van der Waals surface area contributed by atoms with Crippen molar-refractivity contribution >= 4 is 40.2 Å². The Hall–Kier alpha value is -3.50. The van der Waals surface area contributed by atoms with Crippen molar-refractivity contribution < 1.29 is 18.7 Å². The SMILES string of the molecule is C=CC(=O)N1C[C@H](C)N(c2nc(N3CC(NCC4CCC4)C3)nc3c(F)c(-c4c(O)cccc4F)c(Cl)cc23)C[C@H]1C. The second kappa shape index (κ2) is 11.3. The molecule has 0 unspecified atom stereocenters. The van der Waals surface area contributed by atoms with Crippen LogP contribution in [0.25, 0.3) is 22.0 Å². The Morgan fingerprint density at radius 1 is 1.14 bits per heavy atom. The predicted octanol–water partition coefficient (Wildman–Crippen LogP) is 5.12. The van der Waals surface area contributed by atoms with E-state index in [4.69, 9.17) is 16.6 Å². The minimum atomic E-state index is -0.829. The topological polar surface area (TPSA) is 84.8 Å². The quantitative estimate of drug-likeness (QED) is 0.366. The first-order valence-corrected chi connectivity index (χ1v) is 14.9. The first-order valence-electron chi connectivity index (χ1n) is 14.5.